The average molecular weight is 470 g/mol. The lowest BCUT2D eigenvalue weighted by Crippen LogP contribution is -2.29. The van der Waals surface area contributed by atoms with Crippen LogP contribution in [-0.4, -0.2) is 61.2 Å². The van der Waals surface area contributed by atoms with Crippen LogP contribution in [0.2, 0.25) is 0 Å². The molecule has 3 aliphatic rings. The topological polar surface area (TPSA) is 120 Å². The number of hydrogen-bond acceptors (Lipinski definition) is 7. The number of carboxylic acid groups (broad SMARTS) is 1. The molecule has 0 bridgehead atoms. The molecule has 3 heterocycles. The highest BCUT2D eigenvalue weighted by Crippen LogP contribution is 2.52. The van der Waals surface area contributed by atoms with Crippen LogP contribution in [0, 0.1) is 18.3 Å². The van der Waals surface area contributed by atoms with Gasteiger partial charge in [0.25, 0.3) is 0 Å². The first-order chi connectivity index (χ1) is 16.3. The van der Waals surface area contributed by atoms with Gasteiger partial charge in [0.05, 0.1) is 23.4 Å². The Balaban J connectivity index is 1.25. The van der Waals surface area contributed by atoms with Crippen molar-refractivity contribution in [2.24, 2.45) is 18.4 Å². The fourth-order valence-electron chi connectivity index (χ4n) is 5.10. The molecule has 34 heavy (non-hydrogen) atoms. The lowest BCUT2D eigenvalue weighted by molar-refractivity contribution is -0.143. The predicted octanol–water partition coefficient (Wildman–Crippen LogP) is 3.33. The summed E-state index contributed by atoms with van der Waals surface area (Å²) in [5.74, 6) is -0.475. The molecule has 10 heteroatoms. The van der Waals surface area contributed by atoms with Gasteiger partial charge >= 0.3 is 12.1 Å². The number of amides is 1. The van der Waals surface area contributed by atoms with Crippen LogP contribution in [0.15, 0.2) is 12.1 Å². The van der Waals surface area contributed by atoms with Crippen LogP contribution in [0.25, 0.3) is 11.4 Å². The average Bonchev–Trinajstić information content (AvgIpc) is 3.28. The minimum Gasteiger partial charge on any atom is -0.489 e. The number of carboxylic acids is 1. The summed E-state index contributed by atoms with van der Waals surface area (Å²) < 4.78 is 13.3. The maximum absolute atomic E-state index is 12.6. The Bertz CT molecular complexity index is 1100. The van der Waals surface area contributed by atoms with Crippen LogP contribution in [0.1, 0.15) is 56.3 Å². The molecule has 10 nitrogen and oxygen atoms in total. The SMILES string of the molecule is Cc1nc(-c2nnn(C)c2COC(=O)N2CCC3(CC3)C2)ccc1O[C@H]1CCC[C@H](C(=O)O)C1. The van der Waals surface area contributed by atoms with E-state index in [1.165, 1.54) is 12.8 Å². The molecule has 2 saturated carbocycles. The molecular weight excluding hydrogens is 438 g/mol. The Kier molecular flexibility index (Phi) is 5.91. The summed E-state index contributed by atoms with van der Waals surface area (Å²) in [6, 6.07) is 3.65. The molecule has 2 aromatic rings. The van der Waals surface area contributed by atoms with Gasteiger partial charge in [0.2, 0.25) is 0 Å². The molecule has 0 unspecified atom stereocenters. The molecule has 3 fully saturated rings. The van der Waals surface area contributed by atoms with Gasteiger partial charge in [0, 0.05) is 20.1 Å². The van der Waals surface area contributed by atoms with Crippen molar-refractivity contribution in [1.82, 2.24) is 24.9 Å². The lowest BCUT2D eigenvalue weighted by Gasteiger charge is -2.27. The summed E-state index contributed by atoms with van der Waals surface area (Å²) in [6.07, 6.45) is 5.93. The van der Waals surface area contributed by atoms with Crippen molar-refractivity contribution in [1.29, 1.82) is 0 Å². The number of likely N-dealkylation sites (tertiary alicyclic amines) is 1. The summed E-state index contributed by atoms with van der Waals surface area (Å²) >= 11 is 0. The number of aryl methyl sites for hydroxylation is 2. The van der Waals surface area contributed by atoms with Crippen LogP contribution in [0.3, 0.4) is 0 Å². The minimum absolute atomic E-state index is 0.0683. The van der Waals surface area contributed by atoms with Crippen LogP contribution >= 0.6 is 0 Å². The number of nitrogens with zero attached hydrogens (tertiary/aromatic N) is 5. The molecule has 1 N–H and O–H groups in total. The molecule has 1 saturated heterocycles. The van der Waals surface area contributed by atoms with Crippen molar-refractivity contribution in [2.45, 2.75) is 64.6 Å². The molecular formula is C24H31N5O5. The molecule has 0 aromatic carbocycles. The van der Waals surface area contributed by atoms with E-state index in [2.05, 4.69) is 15.3 Å². The van der Waals surface area contributed by atoms with Crippen molar-refractivity contribution in [2.75, 3.05) is 13.1 Å². The maximum Gasteiger partial charge on any atom is 0.410 e. The Morgan fingerprint density at radius 2 is 2.06 bits per heavy atom. The van der Waals surface area contributed by atoms with Gasteiger partial charge in [0.15, 0.2) is 0 Å². The molecule has 2 atom stereocenters. The Hall–Kier alpha value is -3.17. The zero-order chi connectivity index (χ0) is 23.9. The molecule has 0 radical (unpaired) electrons. The van der Waals surface area contributed by atoms with E-state index in [1.807, 2.05) is 19.1 Å². The summed E-state index contributed by atoms with van der Waals surface area (Å²) in [4.78, 5) is 30.3. The van der Waals surface area contributed by atoms with Gasteiger partial charge < -0.3 is 19.5 Å². The summed E-state index contributed by atoms with van der Waals surface area (Å²) in [6.45, 7) is 3.47. The van der Waals surface area contributed by atoms with Crippen molar-refractivity contribution in [3.8, 4) is 17.1 Å². The van der Waals surface area contributed by atoms with E-state index in [0.29, 0.717) is 46.8 Å². The third-order valence-electron chi connectivity index (χ3n) is 7.48. The predicted molar refractivity (Wildman–Crippen MR) is 121 cm³/mol. The fourth-order valence-corrected chi connectivity index (χ4v) is 5.10. The molecule has 1 aliphatic heterocycles. The number of aromatic nitrogens is 4. The summed E-state index contributed by atoms with van der Waals surface area (Å²) in [7, 11) is 1.76. The number of rotatable bonds is 6. The number of ether oxygens (including phenoxy) is 2. The van der Waals surface area contributed by atoms with Gasteiger partial charge in [-0.1, -0.05) is 5.21 Å². The molecule has 2 aromatic heterocycles. The zero-order valence-electron chi connectivity index (χ0n) is 19.7. The lowest BCUT2D eigenvalue weighted by atomic mass is 9.87. The Morgan fingerprint density at radius 3 is 2.76 bits per heavy atom. The number of aliphatic carboxylic acids is 1. The van der Waals surface area contributed by atoms with Gasteiger partial charge in [0.1, 0.15) is 23.7 Å². The second kappa shape index (κ2) is 8.88. The largest absolute Gasteiger partial charge is 0.489 e. The van der Waals surface area contributed by atoms with Gasteiger partial charge in [-0.2, -0.15) is 0 Å². The van der Waals surface area contributed by atoms with E-state index in [0.717, 1.165) is 32.4 Å². The Morgan fingerprint density at radius 1 is 1.24 bits per heavy atom. The molecule has 1 amide bonds. The number of hydrogen-bond donors (Lipinski definition) is 1. The fraction of sp³-hybridized carbons (Fsp3) is 0.625. The van der Waals surface area contributed by atoms with E-state index in [4.69, 9.17) is 9.47 Å². The van der Waals surface area contributed by atoms with E-state index in [9.17, 15) is 14.7 Å². The third-order valence-corrected chi connectivity index (χ3v) is 7.48. The normalized spacial score (nSPS) is 23.2. The summed E-state index contributed by atoms with van der Waals surface area (Å²) in [5.41, 5.74) is 2.90. The van der Waals surface area contributed by atoms with Crippen LogP contribution in [0.5, 0.6) is 5.75 Å². The number of carbonyl (C=O) groups is 2. The quantitative estimate of drug-likeness (QED) is 0.684. The Labute approximate surface area is 198 Å². The molecule has 182 valence electrons. The van der Waals surface area contributed by atoms with E-state index in [1.54, 1.807) is 16.6 Å². The summed E-state index contributed by atoms with van der Waals surface area (Å²) in [5, 5.41) is 17.7. The van der Waals surface area contributed by atoms with E-state index >= 15 is 0 Å². The first-order valence-electron chi connectivity index (χ1n) is 12.0. The second-order valence-electron chi connectivity index (χ2n) is 9.96. The molecule has 2 aliphatic carbocycles. The maximum atomic E-state index is 12.6. The second-order valence-corrected chi connectivity index (χ2v) is 9.96. The molecule has 5 rings (SSSR count). The van der Waals surface area contributed by atoms with Crippen molar-refractivity contribution in [3.63, 3.8) is 0 Å². The van der Waals surface area contributed by atoms with Crippen molar-refractivity contribution < 1.29 is 24.2 Å². The van der Waals surface area contributed by atoms with E-state index in [-0.39, 0.29) is 24.7 Å². The first kappa shape index (κ1) is 22.6. The van der Waals surface area contributed by atoms with Crippen LogP contribution in [0.4, 0.5) is 4.79 Å². The van der Waals surface area contributed by atoms with Gasteiger partial charge in [-0.3, -0.25) is 4.79 Å². The number of pyridine rings is 1. The first-order valence-corrected chi connectivity index (χ1v) is 12.0. The van der Waals surface area contributed by atoms with Gasteiger partial charge in [-0.05, 0) is 69.4 Å². The van der Waals surface area contributed by atoms with Gasteiger partial charge in [-0.15, -0.1) is 5.10 Å². The van der Waals surface area contributed by atoms with E-state index < -0.39 is 5.97 Å². The van der Waals surface area contributed by atoms with Crippen molar-refractivity contribution >= 4 is 12.1 Å². The monoisotopic (exact) mass is 469 g/mol. The third kappa shape index (κ3) is 4.58. The number of carbonyl (C=O) groups excluding carboxylic acids is 1. The minimum atomic E-state index is -0.758. The van der Waals surface area contributed by atoms with Crippen LogP contribution < -0.4 is 4.74 Å². The highest BCUT2D eigenvalue weighted by molar-refractivity contribution is 5.70. The van der Waals surface area contributed by atoms with Gasteiger partial charge in [-0.25, -0.2) is 14.5 Å². The zero-order valence-corrected chi connectivity index (χ0v) is 19.7. The highest BCUT2D eigenvalue weighted by atomic mass is 16.6. The van der Waals surface area contributed by atoms with Crippen molar-refractivity contribution in [3.05, 3.63) is 23.5 Å². The standard InChI is InChI=1S/C24H31N5O5/c1-15-20(34-17-5-3-4-16(12-17)22(30)31)7-6-18(25-15)21-19(28(2)27-26-21)13-33-23(32)29-11-10-24(14-29)8-9-24/h6-7,16-17H,3-5,8-14H2,1-2H3,(H,30,31)/t16-,17-/m0/s1. The highest BCUT2D eigenvalue weighted by Gasteiger charge is 2.49. The molecule has 1 spiro atoms. The van der Waals surface area contributed by atoms with Crippen LogP contribution in [-0.2, 0) is 23.2 Å². The smallest absolute Gasteiger partial charge is 0.410 e.